The van der Waals surface area contributed by atoms with Crippen molar-refractivity contribution in [2.75, 3.05) is 6.61 Å². The molecule has 1 aliphatic rings. The van der Waals surface area contributed by atoms with Crippen molar-refractivity contribution in [3.05, 3.63) is 0 Å². The van der Waals surface area contributed by atoms with Gasteiger partial charge in [-0.2, -0.15) is 0 Å². The van der Waals surface area contributed by atoms with Gasteiger partial charge in [-0.1, -0.05) is 32.1 Å². The van der Waals surface area contributed by atoms with E-state index in [1.165, 1.54) is 32.1 Å². The summed E-state index contributed by atoms with van der Waals surface area (Å²) in [5, 5.41) is 0. The van der Waals surface area contributed by atoms with Crippen LogP contribution in [-0.2, 0) is 13.9 Å². The summed E-state index contributed by atoms with van der Waals surface area (Å²) in [6.07, 6.45) is 6.74. The standard InChI is InChI=1S/C9H15O3P/c10-9(7-12-13-11)6-8-4-2-1-3-5-8/h8H,1-7H2. The third kappa shape index (κ3) is 4.49. The van der Waals surface area contributed by atoms with Gasteiger partial charge in [0.25, 0.3) is 0 Å². The summed E-state index contributed by atoms with van der Waals surface area (Å²) in [5.74, 6) is 0.628. The molecule has 0 heterocycles. The molecule has 1 aliphatic carbocycles. The maximum Gasteiger partial charge on any atom is 0.327 e. The van der Waals surface area contributed by atoms with Gasteiger partial charge in [-0.25, -0.2) is 4.57 Å². The van der Waals surface area contributed by atoms with E-state index < -0.39 is 8.69 Å². The van der Waals surface area contributed by atoms with Gasteiger partial charge in [-0.3, -0.25) is 9.32 Å². The van der Waals surface area contributed by atoms with Crippen LogP contribution >= 0.6 is 8.69 Å². The van der Waals surface area contributed by atoms with E-state index in [0.29, 0.717) is 12.3 Å². The molecule has 0 bridgehead atoms. The van der Waals surface area contributed by atoms with Gasteiger partial charge in [0.05, 0.1) is 0 Å². The Morgan fingerprint density at radius 1 is 1.31 bits per heavy atom. The van der Waals surface area contributed by atoms with E-state index in [1.54, 1.807) is 0 Å². The number of carbonyl (C=O) groups is 1. The molecule has 0 amide bonds. The SMILES string of the molecule is O=POCC(=O)CC1CCCCC1. The normalized spacial score (nSPS) is 19.1. The van der Waals surface area contributed by atoms with Gasteiger partial charge < -0.3 is 0 Å². The second-order valence-corrected chi connectivity index (χ2v) is 4.00. The molecule has 1 fully saturated rings. The zero-order chi connectivity index (χ0) is 9.52. The van der Waals surface area contributed by atoms with Crippen molar-refractivity contribution in [2.45, 2.75) is 38.5 Å². The molecule has 0 N–H and O–H groups in total. The fourth-order valence-corrected chi connectivity index (χ4v) is 2.07. The van der Waals surface area contributed by atoms with Crippen molar-refractivity contribution in [1.29, 1.82) is 0 Å². The highest BCUT2D eigenvalue weighted by Gasteiger charge is 2.16. The van der Waals surface area contributed by atoms with Crippen molar-refractivity contribution >= 4 is 14.5 Å². The lowest BCUT2D eigenvalue weighted by atomic mass is 9.86. The van der Waals surface area contributed by atoms with Crippen LogP contribution in [0.2, 0.25) is 0 Å². The van der Waals surface area contributed by atoms with E-state index in [0.717, 1.165) is 0 Å². The van der Waals surface area contributed by atoms with Crippen molar-refractivity contribution in [3.63, 3.8) is 0 Å². The lowest BCUT2D eigenvalue weighted by Gasteiger charge is -2.20. The lowest BCUT2D eigenvalue weighted by molar-refractivity contribution is -0.122. The Morgan fingerprint density at radius 3 is 2.62 bits per heavy atom. The van der Waals surface area contributed by atoms with Gasteiger partial charge >= 0.3 is 8.69 Å². The van der Waals surface area contributed by atoms with Crippen LogP contribution in [-0.4, -0.2) is 12.4 Å². The summed E-state index contributed by atoms with van der Waals surface area (Å²) in [4.78, 5) is 11.2. The molecule has 4 heteroatoms. The van der Waals surface area contributed by atoms with Crippen LogP contribution in [0, 0.1) is 5.92 Å². The van der Waals surface area contributed by atoms with Gasteiger partial charge in [-0.15, -0.1) is 0 Å². The molecule has 0 aromatic heterocycles. The molecule has 0 spiro atoms. The fourth-order valence-electron chi connectivity index (χ4n) is 1.87. The number of hydrogen-bond donors (Lipinski definition) is 0. The number of carbonyl (C=O) groups excluding carboxylic acids is 1. The maximum atomic E-state index is 11.2. The molecule has 13 heavy (non-hydrogen) atoms. The lowest BCUT2D eigenvalue weighted by Crippen LogP contribution is -2.14. The quantitative estimate of drug-likeness (QED) is 0.644. The Bertz CT molecular complexity index is 176. The van der Waals surface area contributed by atoms with Crippen LogP contribution in [0.4, 0.5) is 0 Å². The van der Waals surface area contributed by atoms with Gasteiger partial charge in [0.15, 0.2) is 5.78 Å². The number of rotatable bonds is 5. The first-order valence-electron chi connectivity index (χ1n) is 4.79. The Balaban J connectivity index is 2.14. The van der Waals surface area contributed by atoms with Gasteiger partial charge in [0.2, 0.25) is 0 Å². The highest BCUT2D eigenvalue weighted by Crippen LogP contribution is 2.26. The third-order valence-electron chi connectivity index (χ3n) is 2.52. The summed E-state index contributed by atoms with van der Waals surface area (Å²) in [6, 6.07) is 0. The van der Waals surface area contributed by atoms with Crippen molar-refractivity contribution in [3.8, 4) is 0 Å². The molecule has 0 atom stereocenters. The zero-order valence-electron chi connectivity index (χ0n) is 7.70. The van der Waals surface area contributed by atoms with Crippen molar-refractivity contribution in [2.24, 2.45) is 5.92 Å². The van der Waals surface area contributed by atoms with Crippen molar-refractivity contribution < 1.29 is 13.9 Å². The molecule has 0 aliphatic heterocycles. The average Bonchev–Trinajstić information content (AvgIpc) is 2.16. The molecular weight excluding hydrogens is 187 g/mol. The molecular formula is C9H15O3P. The van der Waals surface area contributed by atoms with Crippen LogP contribution in [0.15, 0.2) is 0 Å². The van der Waals surface area contributed by atoms with E-state index in [1.807, 2.05) is 0 Å². The summed E-state index contributed by atoms with van der Waals surface area (Å²) in [6.45, 7) is 0.00154. The van der Waals surface area contributed by atoms with Gasteiger partial charge in [0, 0.05) is 6.42 Å². The van der Waals surface area contributed by atoms with Crippen molar-refractivity contribution in [1.82, 2.24) is 0 Å². The van der Waals surface area contributed by atoms with Crippen LogP contribution in [0.5, 0.6) is 0 Å². The molecule has 3 nitrogen and oxygen atoms in total. The highest BCUT2D eigenvalue weighted by atomic mass is 31.1. The monoisotopic (exact) mass is 202 g/mol. The maximum absolute atomic E-state index is 11.2. The number of ketones is 1. The van der Waals surface area contributed by atoms with Gasteiger partial charge in [-0.05, 0) is 5.92 Å². The first kappa shape index (κ1) is 10.8. The number of Topliss-reactive ketones (excluding diaryl/α,β-unsaturated/α-hetero) is 1. The van der Waals surface area contributed by atoms with E-state index in [2.05, 4.69) is 4.52 Å². The zero-order valence-corrected chi connectivity index (χ0v) is 8.59. The molecule has 1 saturated carbocycles. The predicted molar refractivity (Wildman–Crippen MR) is 49.8 cm³/mol. The minimum Gasteiger partial charge on any atom is -0.297 e. The minimum absolute atomic E-state index is 0.00154. The Kier molecular flexibility index (Phi) is 5.18. The van der Waals surface area contributed by atoms with E-state index in [-0.39, 0.29) is 12.4 Å². The second-order valence-electron chi connectivity index (χ2n) is 3.59. The third-order valence-corrected chi connectivity index (χ3v) is 2.75. The molecule has 1 rings (SSSR count). The summed E-state index contributed by atoms with van der Waals surface area (Å²) in [5.41, 5.74) is 0. The smallest absolute Gasteiger partial charge is 0.297 e. The summed E-state index contributed by atoms with van der Waals surface area (Å²) >= 11 is 0. The molecule has 0 aromatic carbocycles. The largest absolute Gasteiger partial charge is 0.327 e. The molecule has 0 aromatic rings. The molecule has 74 valence electrons. The predicted octanol–water partition coefficient (Wildman–Crippen LogP) is 2.75. The minimum atomic E-state index is -0.393. The second kappa shape index (κ2) is 6.22. The topological polar surface area (TPSA) is 43.4 Å². The average molecular weight is 202 g/mol. The molecule has 0 saturated heterocycles. The van der Waals surface area contributed by atoms with Crippen LogP contribution in [0.25, 0.3) is 0 Å². The Labute approximate surface area is 80.1 Å². The first-order chi connectivity index (χ1) is 6.33. The summed E-state index contributed by atoms with van der Waals surface area (Å²) < 4.78 is 14.4. The Hall–Kier alpha value is -0.270. The first-order valence-corrected chi connectivity index (χ1v) is 5.52. The van der Waals surface area contributed by atoms with Gasteiger partial charge in [0.1, 0.15) is 6.61 Å². The Morgan fingerprint density at radius 2 is 2.00 bits per heavy atom. The van der Waals surface area contributed by atoms with E-state index in [9.17, 15) is 9.36 Å². The van der Waals surface area contributed by atoms with Crippen LogP contribution in [0.1, 0.15) is 38.5 Å². The molecule has 0 unspecified atom stereocenters. The van der Waals surface area contributed by atoms with E-state index >= 15 is 0 Å². The highest BCUT2D eigenvalue weighted by molar-refractivity contribution is 7.17. The van der Waals surface area contributed by atoms with E-state index in [4.69, 9.17) is 0 Å². The van der Waals surface area contributed by atoms with Crippen LogP contribution < -0.4 is 0 Å². The molecule has 0 radical (unpaired) electrons. The fraction of sp³-hybridized carbons (Fsp3) is 0.889. The number of hydrogen-bond acceptors (Lipinski definition) is 3. The van der Waals surface area contributed by atoms with Crippen LogP contribution in [0.3, 0.4) is 0 Å². The summed E-state index contributed by atoms with van der Waals surface area (Å²) in [7, 11) is -0.393.